The first-order valence-corrected chi connectivity index (χ1v) is 20.2. The molecule has 1 saturated carbocycles. The fourth-order valence-corrected chi connectivity index (χ4v) is 10.0. The Bertz CT molecular complexity index is 2110. The lowest BCUT2D eigenvalue weighted by molar-refractivity contribution is -0.309. The maximum atomic E-state index is 15.5. The fraction of sp³-hybridized carbons (Fsp3) is 0.522. The molecule has 2 fully saturated rings. The lowest BCUT2D eigenvalue weighted by Gasteiger charge is -2.66. The molecule has 10 atom stereocenters. The minimum Gasteiger partial charge on any atom is -0.455 e. The highest BCUT2D eigenvalue weighted by Gasteiger charge is 2.75. The second-order valence-electron chi connectivity index (χ2n) is 18.5. The number of amides is 2. The van der Waals surface area contributed by atoms with Crippen LogP contribution in [0, 0.1) is 28.6 Å². The molecule has 2 aromatic carbocycles. The van der Waals surface area contributed by atoms with Gasteiger partial charge in [-0.05, 0) is 64.8 Å². The monoisotopic (exact) mass is 828 g/mol. The summed E-state index contributed by atoms with van der Waals surface area (Å²) in [6, 6.07) is 14.5. The van der Waals surface area contributed by atoms with E-state index in [0.29, 0.717) is 11.1 Å². The number of esters is 3. The van der Waals surface area contributed by atoms with Crippen molar-refractivity contribution in [1.82, 2.24) is 10.6 Å². The van der Waals surface area contributed by atoms with Crippen LogP contribution >= 0.6 is 0 Å². The van der Waals surface area contributed by atoms with Crippen molar-refractivity contribution in [2.75, 3.05) is 6.61 Å². The number of hydrogen-bond acceptors (Lipinski definition) is 12. The lowest BCUT2D eigenvalue weighted by Crippen LogP contribution is -2.78. The molecule has 2 aromatic rings. The topological polar surface area (TPSA) is 204 Å². The predicted octanol–water partition coefficient (Wildman–Crippen LogP) is 5.08. The van der Waals surface area contributed by atoms with Crippen molar-refractivity contribution in [3.63, 3.8) is 0 Å². The molecule has 14 heteroatoms. The molecule has 2 amide bonds. The van der Waals surface area contributed by atoms with E-state index in [2.05, 4.69) is 10.6 Å². The van der Waals surface area contributed by atoms with Crippen LogP contribution in [0.15, 0.2) is 84.1 Å². The van der Waals surface area contributed by atoms with Gasteiger partial charge in [0.1, 0.15) is 35.1 Å². The zero-order valence-electron chi connectivity index (χ0n) is 35.6. The van der Waals surface area contributed by atoms with Crippen molar-refractivity contribution >= 4 is 35.5 Å². The number of ether oxygens (including phenoxy) is 4. The Morgan fingerprint density at radius 1 is 0.967 bits per heavy atom. The van der Waals surface area contributed by atoms with E-state index in [1.165, 1.54) is 26.0 Å². The van der Waals surface area contributed by atoms with E-state index in [1.807, 2.05) is 0 Å². The van der Waals surface area contributed by atoms with Gasteiger partial charge in [0, 0.05) is 42.6 Å². The molecule has 6 rings (SSSR count). The SMILES string of the molecule is CC(=O)C[C@H]1C(=O)[C@]2(C)C=C[C@H]3OC[C@@]3(OC(C)=O)[C@H]2[C@H](OC(=O)c2ccccc2)[C@]2(O)CC(OC(=O)[C@H](O)[C@@H](NC(=O)NC(C)(C)C)c3ccccc3)=C(C)C1C2(C)C. The molecule has 1 unspecified atom stereocenters. The molecule has 2 bridgehead atoms. The highest BCUT2D eigenvalue weighted by atomic mass is 16.6. The van der Waals surface area contributed by atoms with Crippen molar-refractivity contribution in [3.05, 3.63) is 95.3 Å². The van der Waals surface area contributed by atoms with E-state index in [4.69, 9.17) is 18.9 Å². The number of nitrogens with one attached hydrogen (secondary N) is 2. The number of carbonyl (C=O) groups is 6. The normalized spacial score (nSPS) is 31.4. The summed E-state index contributed by atoms with van der Waals surface area (Å²) in [5.41, 5.74) is -6.62. The number of aliphatic hydroxyl groups is 2. The van der Waals surface area contributed by atoms with Crippen LogP contribution in [-0.2, 0) is 38.1 Å². The van der Waals surface area contributed by atoms with Crippen LogP contribution in [0.4, 0.5) is 4.79 Å². The molecule has 0 spiro atoms. The molecule has 1 aliphatic heterocycles. The molecule has 1 heterocycles. The summed E-state index contributed by atoms with van der Waals surface area (Å²) in [6.45, 7) is 14.4. The Morgan fingerprint density at radius 2 is 1.58 bits per heavy atom. The van der Waals surface area contributed by atoms with Gasteiger partial charge in [-0.15, -0.1) is 0 Å². The van der Waals surface area contributed by atoms with Crippen LogP contribution in [0.25, 0.3) is 0 Å². The van der Waals surface area contributed by atoms with Gasteiger partial charge < -0.3 is 44.6 Å². The lowest BCUT2D eigenvalue weighted by atomic mass is 9.44. The zero-order valence-corrected chi connectivity index (χ0v) is 35.6. The van der Waals surface area contributed by atoms with Crippen LogP contribution in [0.3, 0.4) is 0 Å². The smallest absolute Gasteiger partial charge is 0.342 e. The number of urea groups is 1. The minimum absolute atomic E-state index is 0.128. The molecular weight excluding hydrogens is 773 g/mol. The average molecular weight is 829 g/mol. The van der Waals surface area contributed by atoms with Crippen LogP contribution in [0.2, 0.25) is 0 Å². The molecule has 3 aliphatic carbocycles. The van der Waals surface area contributed by atoms with Crippen molar-refractivity contribution in [3.8, 4) is 0 Å². The van der Waals surface area contributed by atoms with E-state index >= 15 is 4.79 Å². The average Bonchev–Trinajstić information content (AvgIpc) is 3.15. The Hall–Kier alpha value is -5.18. The van der Waals surface area contributed by atoms with E-state index in [1.54, 1.807) is 109 Å². The number of Topliss-reactive ketones (excluding diaryl/α,β-unsaturated/α-hetero) is 2. The summed E-state index contributed by atoms with van der Waals surface area (Å²) in [4.78, 5) is 83.2. The van der Waals surface area contributed by atoms with E-state index in [0.717, 1.165) is 0 Å². The van der Waals surface area contributed by atoms with E-state index < -0.39 is 106 Å². The van der Waals surface area contributed by atoms with Gasteiger partial charge in [-0.3, -0.25) is 9.59 Å². The van der Waals surface area contributed by atoms with Gasteiger partial charge in [0.2, 0.25) is 0 Å². The second-order valence-corrected chi connectivity index (χ2v) is 18.5. The first-order valence-electron chi connectivity index (χ1n) is 20.2. The quantitative estimate of drug-likeness (QED) is 0.141. The highest BCUT2D eigenvalue weighted by molar-refractivity contribution is 5.94. The molecule has 4 aliphatic rings. The Morgan fingerprint density at radius 3 is 2.13 bits per heavy atom. The minimum atomic E-state index is -2.22. The van der Waals surface area contributed by atoms with Gasteiger partial charge in [0.15, 0.2) is 11.7 Å². The summed E-state index contributed by atoms with van der Waals surface area (Å²) in [7, 11) is 0. The summed E-state index contributed by atoms with van der Waals surface area (Å²) >= 11 is 0. The van der Waals surface area contributed by atoms with E-state index in [9.17, 15) is 34.2 Å². The largest absolute Gasteiger partial charge is 0.455 e. The van der Waals surface area contributed by atoms with Crippen molar-refractivity contribution in [2.24, 2.45) is 28.6 Å². The van der Waals surface area contributed by atoms with E-state index in [-0.39, 0.29) is 30.1 Å². The van der Waals surface area contributed by atoms with Crippen molar-refractivity contribution in [2.45, 2.75) is 116 Å². The number of aliphatic hydroxyl groups excluding tert-OH is 1. The summed E-state index contributed by atoms with van der Waals surface area (Å²) in [6.07, 6.45) is -2.01. The van der Waals surface area contributed by atoms with Gasteiger partial charge in [0.05, 0.1) is 29.5 Å². The summed E-state index contributed by atoms with van der Waals surface area (Å²) in [5, 5.41) is 30.8. The number of ketones is 2. The summed E-state index contributed by atoms with van der Waals surface area (Å²) < 4.78 is 24.5. The zero-order chi connectivity index (χ0) is 44.2. The van der Waals surface area contributed by atoms with Crippen LogP contribution < -0.4 is 10.6 Å². The number of carbonyl (C=O) groups excluding carboxylic acids is 6. The highest BCUT2D eigenvalue weighted by Crippen LogP contribution is 2.65. The number of fused-ring (bicyclic) bond motifs is 5. The molecular formula is C46H56N2O12. The maximum absolute atomic E-state index is 15.5. The number of benzene rings is 2. The standard InChI is InChI=1S/C46H56N2O12/c1-25(49)22-30-33-26(2)31(58-40(54)35(51)34(28-16-12-10-13-17-28)47-41(55)48-42(4,5)6)23-46(56,43(33,7)8)38(59-39(53)29-18-14-11-15-19-29)36-44(9,37(30)52)21-20-32-45(36,24-57-32)60-27(3)50/h10-21,30,32-36,38,51,56H,22-24H2,1-9H3,(H2,47,48,55)/t30-,32-,33?,34+,35-,36+,38+,44-,45+,46-/m1/s1. The van der Waals surface area contributed by atoms with Crippen LogP contribution in [-0.4, -0.2) is 87.4 Å². The van der Waals surface area contributed by atoms with Crippen LogP contribution in [0.5, 0.6) is 0 Å². The van der Waals surface area contributed by atoms with Gasteiger partial charge in [0.25, 0.3) is 0 Å². The Balaban J connectivity index is 1.52. The molecule has 322 valence electrons. The maximum Gasteiger partial charge on any atom is 0.342 e. The number of allylic oxidation sites excluding steroid dienone is 2. The first kappa shape index (κ1) is 44.4. The Kier molecular flexibility index (Phi) is 11.8. The third-order valence-corrected chi connectivity index (χ3v) is 12.8. The van der Waals surface area contributed by atoms with Crippen molar-refractivity contribution < 1.29 is 57.9 Å². The molecule has 60 heavy (non-hydrogen) atoms. The fourth-order valence-electron chi connectivity index (χ4n) is 10.0. The Labute approximate surface area is 350 Å². The van der Waals surface area contributed by atoms with Gasteiger partial charge in [-0.25, -0.2) is 14.4 Å². The van der Waals surface area contributed by atoms with Gasteiger partial charge >= 0.3 is 23.9 Å². The third kappa shape index (κ3) is 7.80. The van der Waals surface area contributed by atoms with Crippen LogP contribution in [0.1, 0.15) is 97.1 Å². The molecule has 1 saturated heterocycles. The number of hydrogen-bond donors (Lipinski definition) is 4. The summed E-state index contributed by atoms with van der Waals surface area (Å²) in [5.74, 6) is -7.04. The molecule has 4 N–H and O–H groups in total. The molecule has 14 nitrogen and oxygen atoms in total. The van der Waals surface area contributed by atoms with Gasteiger partial charge in [-0.2, -0.15) is 0 Å². The number of rotatable bonds is 10. The molecule has 0 aromatic heterocycles. The van der Waals surface area contributed by atoms with Crippen molar-refractivity contribution in [1.29, 1.82) is 0 Å². The second kappa shape index (κ2) is 16.0. The first-order chi connectivity index (χ1) is 28.0. The predicted molar refractivity (Wildman–Crippen MR) is 217 cm³/mol. The third-order valence-electron chi connectivity index (χ3n) is 12.8. The molecule has 0 radical (unpaired) electrons. The van der Waals surface area contributed by atoms with Gasteiger partial charge in [-0.1, -0.05) is 74.5 Å².